The highest BCUT2D eigenvalue weighted by molar-refractivity contribution is 5.49. The van der Waals surface area contributed by atoms with Gasteiger partial charge in [-0.05, 0) is 24.0 Å². The topological polar surface area (TPSA) is 57.0 Å². The Kier molecular flexibility index (Phi) is 5.31. The van der Waals surface area contributed by atoms with Crippen molar-refractivity contribution in [1.82, 2.24) is 4.98 Å². The molecule has 18 heavy (non-hydrogen) atoms. The number of hydrogen-bond donors (Lipinski definition) is 0. The van der Waals surface area contributed by atoms with Crippen molar-refractivity contribution >= 4 is 12.1 Å². The smallest absolute Gasteiger partial charge is 0.146 e. The van der Waals surface area contributed by atoms with Crippen LogP contribution in [0.25, 0.3) is 0 Å². The molecule has 96 valence electrons. The van der Waals surface area contributed by atoms with E-state index in [2.05, 4.69) is 11.1 Å². The number of carbonyl (C=O) groups excluding carboxylic acids is 1. The fourth-order valence-corrected chi connectivity index (χ4v) is 1.75. The summed E-state index contributed by atoms with van der Waals surface area (Å²) in [5.74, 6) is 1.07. The molecule has 0 saturated heterocycles. The highest BCUT2D eigenvalue weighted by Gasteiger charge is 2.10. The van der Waals surface area contributed by atoms with Gasteiger partial charge in [0.1, 0.15) is 23.9 Å². The van der Waals surface area contributed by atoms with Crippen LogP contribution >= 0.6 is 0 Å². The largest absolute Gasteiger partial charge is 0.360 e. The van der Waals surface area contributed by atoms with Gasteiger partial charge in [0.15, 0.2) is 0 Å². The van der Waals surface area contributed by atoms with Crippen molar-refractivity contribution in [2.24, 2.45) is 0 Å². The van der Waals surface area contributed by atoms with Crippen molar-refractivity contribution in [1.29, 1.82) is 5.26 Å². The molecule has 0 unspecified atom stereocenters. The van der Waals surface area contributed by atoms with Gasteiger partial charge < -0.3 is 9.69 Å². The summed E-state index contributed by atoms with van der Waals surface area (Å²) in [6.45, 7) is 4.86. The number of aldehydes is 1. The average molecular weight is 245 g/mol. The Labute approximate surface area is 108 Å². The molecule has 0 aliphatic rings. The Morgan fingerprint density at radius 1 is 1.50 bits per heavy atom. The summed E-state index contributed by atoms with van der Waals surface area (Å²) in [5, 5.41) is 9.11. The van der Waals surface area contributed by atoms with Crippen LogP contribution in [0.5, 0.6) is 0 Å². The van der Waals surface area contributed by atoms with Crippen LogP contribution < -0.4 is 4.90 Å². The maximum Gasteiger partial charge on any atom is 0.146 e. The first-order chi connectivity index (χ1) is 8.60. The van der Waals surface area contributed by atoms with Crippen LogP contribution in [0, 0.1) is 11.3 Å². The molecule has 0 radical (unpaired) electrons. The third-order valence-corrected chi connectivity index (χ3v) is 2.85. The van der Waals surface area contributed by atoms with E-state index in [1.165, 1.54) is 0 Å². The Balaban J connectivity index is 2.85. The Morgan fingerprint density at radius 2 is 2.22 bits per heavy atom. The van der Waals surface area contributed by atoms with Gasteiger partial charge in [-0.1, -0.05) is 19.9 Å². The lowest BCUT2D eigenvalue weighted by Gasteiger charge is -2.19. The summed E-state index contributed by atoms with van der Waals surface area (Å²) in [4.78, 5) is 16.6. The molecule has 0 amide bonds. The fraction of sp³-hybridized carbons (Fsp3) is 0.500. The lowest BCUT2D eigenvalue weighted by molar-refractivity contribution is -0.107. The summed E-state index contributed by atoms with van der Waals surface area (Å²) in [5.41, 5.74) is 1.47. The van der Waals surface area contributed by atoms with Crippen LogP contribution in [0.1, 0.15) is 43.9 Å². The molecule has 0 atom stereocenters. The molecular formula is C14H19N3O. The molecule has 0 aliphatic heterocycles. The second-order valence-corrected chi connectivity index (χ2v) is 4.60. The minimum atomic E-state index is 0.293. The maximum atomic E-state index is 10.3. The zero-order chi connectivity index (χ0) is 13.5. The van der Waals surface area contributed by atoms with Crippen molar-refractivity contribution in [3.8, 4) is 6.07 Å². The molecule has 0 N–H and O–H groups in total. The summed E-state index contributed by atoms with van der Waals surface area (Å²) in [6, 6.07) is 6.03. The van der Waals surface area contributed by atoms with Crippen LogP contribution in [0.15, 0.2) is 12.1 Å². The lowest BCUT2D eigenvalue weighted by atomic mass is 10.0. The maximum absolute atomic E-state index is 10.3. The highest BCUT2D eigenvalue weighted by atomic mass is 16.1. The van der Waals surface area contributed by atoms with E-state index in [0.717, 1.165) is 30.6 Å². The molecule has 0 saturated carbocycles. The number of unbranched alkanes of at least 4 members (excludes halogenated alkanes) is 1. The molecule has 0 fully saturated rings. The number of nitriles is 1. The minimum absolute atomic E-state index is 0.293. The normalized spacial score (nSPS) is 10.2. The molecule has 1 rings (SSSR count). The van der Waals surface area contributed by atoms with Gasteiger partial charge in [0.2, 0.25) is 0 Å². The van der Waals surface area contributed by atoms with Crippen molar-refractivity contribution in [3.63, 3.8) is 0 Å². The SMILES string of the molecule is CC(C)c1ccc(N(C)CCCC=O)nc1C#N. The number of rotatable bonds is 6. The summed E-state index contributed by atoms with van der Waals surface area (Å²) >= 11 is 0. The Bertz CT molecular complexity index is 449. The molecule has 0 spiro atoms. The van der Waals surface area contributed by atoms with Gasteiger partial charge in [-0.25, -0.2) is 4.98 Å². The van der Waals surface area contributed by atoms with Gasteiger partial charge in [-0.15, -0.1) is 0 Å². The third kappa shape index (κ3) is 3.56. The predicted octanol–water partition coefficient (Wildman–Crippen LogP) is 2.49. The number of anilines is 1. The predicted molar refractivity (Wildman–Crippen MR) is 71.6 cm³/mol. The number of hydrogen-bond acceptors (Lipinski definition) is 4. The van der Waals surface area contributed by atoms with E-state index in [-0.39, 0.29) is 0 Å². The fourth-order valence-electron chi connectivity index (χ4n) is 1.75. The van der Waals surface area contributed by atoms with Crippen LogP contribution in [-0.2, 0) is 4.79 Å². The summed E-state index contributed by atoms with van der Waals surface area (Å²) < 4.78 is 0. The number of pyridine rings is 1. The van der Waals surface area contributed by atoms with Crippen LogP contribution in [0.3, 0.4) is 0 Å². The van der Waals surface area contributed by atoms with Gasteiger partial charge in [0.05, 0.1) is 0 Å². The van der Waals surface area contributed by atoms with Gasteiger partial charge in [-0.2, -0.15) is 5.26 Å². The standard InChI is InChI=1S/C14H19N3O/c1-11(2)12-6-7-14(16-13(12)10-15)17(3)8-4-5-9-18/h6-7,9,11H,4-5,8H2,1-3H3. The molecular weight excluding hydrogens is 226 g/mol. The molecule has 1 aromatic rings. The van der Waals surface area contributed by atoms with Gasteiger partial charge in [0.25, 0.3) is 0 Å². The summed E-state index contributed by atoms with van der Waals surface area (Å²) in [7, 11) is 1.92. The first-order valence-electron chi connectivity index (χ1n) is 6.16. The molecule has 1 aromatic heterocycles. The molecule has 0 bridgehead atoms. The van der Waals surface area contributed by atoms with Crippen molar-refractivity contribution in [3.05, 3.63) is 23.4 Å². The van der Waals surface area contributed by atoms with Crippen LogP contribution in [0.4, 0.5) is 5.82 Å². The molecule has 4 heteroatoms. The monoisotopic (exact) mass is 245 g/mol. The minimum Gasteiger partial charge on any atom is -0.360 e. The van der Waals surface area contributed by atoms with E-state index >= 15 is 0 Å². The van der Waals surface area contributed by atoms with Crippen LogP contribution in [0.2, 0.25) is 0 Å². The summed E-state index contributed by atoms with van der Waals surface area (Å²) in [6.07, 6.45) is 2.28. The number of nitrogens with zero attached hydrogens (tertiary/aromatic N) is 3. The van der Waals surface area contributed by atoms with E-state index in [1.807, 2.05) is 37.9 Å². The molecule has 0 aliphatic carbocycles. The van der Waals surface area contributed by atoms with E-state index < -0.39 is 0 Å². The number of aromatic nitrogens is 1. The van der Waals surface area contributed by atoms with E-state index in [9.17, 15) is 4.79 Å². The zero-order valence-corrected chi connectivity index (χ0v) is 11.2. The highest BCUT2D eigenvalue weighted by Crippen LogP contribution is 2.20. The molecule has 1 heterocycles. The number of carbonyl (C=O) groups is 1. The van der Waals surface area contributed by atoms with Gasteiger partial charge >= 0.3 is 0 Å². The lowest BCUT2D eigenvalue weighted by Crippen LogP contribution is -2.20. The van der Waals surface area contributed by atoms with Crippen LogP contribution in [-0.4, -0.2) is 24.9 Å². The van der Waals surface area contributed by atoms with E-state index in [1.54, 1.807) is 0 Å². The van der Waals surface area contributed by atoms with Crippen molar-refractivity contribution in [2.75, 3.05) is 18.5 Å². The van der Waals surface area contributed by atoms with E-state index in [0.29, 0.717) is 18.0 Å². The average Bonchev–Trinajstić information content (AvgIpc) is 2.37. The first-order valence-corrected chi connectivity index (χ1v) is 6.16. The van der Waals surface area contributed by atoms with Crippen molar-refractivity contribution in [2.45, 2.75) is 32.6 Å². The van der Waals surface area contributed by atoms with Gasteiger partial charge in [-0.3, -0.25) is 0 Å². The Hall–Kier alpha value is -1.89. The van der Waals surface area contributed by atoms with Gasteiger partial charge in [0, 0.05) is 20.0 Å². The molecule has 4 nitrogen and oxygen atoms in total. The quantitative estimate of drug-likeness (QED) is 0.570. The first kappa shape index (κ1) is 14.2. The molecule has 0 aromatic carbocycles. The third-order valence-electron chi connectivity index (χ3n) is 2.85. The van der Waals surface area contributed by atoms with E-state index in [4.69, 9.17) is 5.26 Å². The van der Waals surface area contributed by atoms with Crippen molar-refractivity contribution < 1.29 is 4.79 Å². The zero-order valence-electron chi connectivity index (χ0n) is 11.2. The second kappa shape index (κ2) is 6.75. The second-order valence-electron chi connectivity index (χ2n) is 4.60. The Morgan fingerprint density at radius 3 is 2.78 bits per heavy atom.